The van der Waals surface area contributed by atoms with Gasteiger partial charge in [-0.3, -0.25) is 10.2 Å². The van der Waals surface area contributed by atoms with Crippen LogP contribution < -0.4 is 10.7 Å². The molecule has 166 valence electrons. The number of rotatable bonds is 5. The molecule has 2 aliphatic carbocycles. The summed E-state index contributed by atoms with van der Waals surface area (Å²) in [6.45, 7) is 0. The molecule has 6 rings (SSSR count). The number of anilines is 2. The van der Waals surface area contributed by atoms with Gasteiger partial charge in [0.05, 0.1) is 11.6 Å². The molecule has 4 aromatic rings. The summed E-state index contributed by atoms with van der Waals surface area (Å²) in [7, 11) is 0. The van der Waals surface area contributed by atoms with E-state index in [-0.39, 0.29) is 5.91 Å². The van der Waals surface area contributed by atoms with E-state index in [4.69, 9.17) is 0 Å². The number of fused-ring (bicyclic) bond motifs is 4. The van der Waals surface area contributed by atoms with Crippen LogP contribution in [0.25, 0.3) is 10.2 Å². The normalized spacial score (nSPS) is 15.0. The third-order valence-corrected chi connectivity index (χ3v) is 8.76. The molecule has 0 saturated heterocycles. The van der Waals surface area contributed by atoms with Crippen LogP contribution in [-0.4, -0.2) is 22.1 Å². The highest BCUT2D eigenvalue weighted by atomic mass is 32.1. The molecule has 0 atom stereocenters. The van der Waals surface area contributed by atoms with Crippen molar-refractivity contribution in [1.29, 1.82) is 0 Å². The molecule has 2 aliphatic rings. The summed E-state index contributed by atoms with van der Waals surface area (Å²) in [6.07, 6.45) is 11.3. The van der Waals surface area contributed by atoms with Gasteiger partial charge in [0, 0.05) is 20.9 Å². The van der Waals surface area contributed by atoms with Crippen molar-refractivity contribution in [3.8, 4) is 0 Å². The molecule has 0 spiro atoms. The summed E-state index contributed by atoms with van der Waals surface area (Å²) in [4.78, 5) is 25.6. The van der Waals surface area contributed by atoms with E-state index in [2.05, 4.69) is 25.8 Å². The number of aryl methyl sites for hydroxylation is 3. The van der Waals surface area contributed by atoms with E-state index in [0.717, 1.165) is 58.7 Å². The van der Waals surface area contributed by atoms with Gasteiger partial charge < -0.3 is 5.32 Å². The standard InChI is InChI=1S/C25H23N5OS2/c31-23(15-7-2-1-3-8-15)29-24-18(16-9-4-5-11-19(16)32-24)13-28-30-22-21-17-10-6-12-20(17)33-25(21)27-14-26-22/h1-3,7-8,13-14H,4-6,9-12H2,(H,29,31)(H,26,27,30). The van der Waals surface area contributed by atoms with Crippen molar-refractivity contribution in [2.24, 2.45) is 5.10 Å². The molecule has 1 amide bonds. The zero-order valence-electron chi connectivity index (χ0n) is 18.1. The summed E-state index contributed by atoms with van der Waals surface area (Å²) in [6, 6.07) is 9.33. The van der Waals surface area contributed by atoms with Crippen LogP contribution in [0, 0.1) is 0 Å². The van der Waals surface area contributed by atoms with E-state index in [0.29, 0.717) is 5.56 Å². The summed E-state index contributed by atoms with van der Waals surface area (Å²) >= 11 is 3.45. The molecule has 6 nitrogen and oxygen atoms in total. The highest BCUT2D eigenvalue weighted by Gasteiger charge is 2.23. The molecule has 1 aromatic carbocycles. The zero-order chi connectivity index (χ0) is 22.2. The van der Waals surface area contributed by atoms with E-state index in [1.54, 1.807) is 29.0 Å². The molecule has 0 bridgehead atoms. The first-order valence-corrected chi connectivity index (χ1v) is 13.0. The van der Waals surface area contributed by atoms with E-state index >= 15 is 0 Å². The molecule has 0 fully saturated rings. The van der Waals surface area contributed by atoms with Crippen molar-refractivity contribution in [2.75, 3.05) is 10.7 Å². The lowest BCUT2D eigenvalue weighted by atomic mass is 9.96. The van der Waals surface area contributed by atoms with Crippen molar-refractivity contribution < 1.29 is 4.79 Å². The van der Waals surface area contributed by atoms with Crippen LogP contribution in [0.3, 0.4) is 0 Å². The number of carbonyl (C=O) groups is 1. The number of hydrazone groups is 1. The van der Waals surface area contributed by atoms with Gasteiger partial charge in [-0.05, 0) is 68.2 Å². The first-order valence-electron chi connectivity index (χ1n) is 11.3. The second-order valence-corrected chi connectivity index (χ2v) is 10.6. The Balaban J connectivity index is 1.30. The number of hydrogen-bond donors (Lipinski definition) is 2. The summed E-state index contributed by atoms with van der Waals surface area (Å²) in [5.41, 5.74) is 7.52. The lowest BCUT2D eigenvalue weighted by Crippen LogP contribution is -2.12. The molecule has 3 aromatic heterocycles. The number of nitrogens with one attached hydrogen (secondary N) is 2. The predicted molar refractivity (Wildman–Crippen MR) is 136 cm³/mol. The Hall–Kier alpha value is -3.10. The van der Waals surface area contributed by atoms with E-state index in [1.807, 2.05) is 36.5 Å². The van der Waals surface area contributed by atoms with Gasteiger partial charge in [0.2, 0.25) is 0 Å². The van der Waals surface area contributed by atoms with Gasteiger partial charge in [0.1, 0.15) is 16.2 Å². The smallest absolute Gasteiger partial charge is 0.256 e. The van der Waals surface area contributed by atoms with Crippen LogP contribution in [0.5, 0.6) is 0 Å². The number of thiophene rings is 2. The zero-order valence-corrected chi connectivity index (χ0v) is 19.7. The summed E-state index contributed by atoms with van der Waals surface area (Å²) in [5.74, 6) is 0.665. The maximum Gasteiger partial charge on any atom is 0.256 e. The molecule has 2 N–H and O–H groups in total. The minimum atomic E-state index is -0.0943. The minimum absolute atomic E-state index is 0.0943. The van der Waals surface area contributed by atoms with Crippen molar-refractivity contribution >= 4 is 55.8 Å². The van der Waals surface area contributed by atoms with E-state index < -0.39 is 0 Å². The van der Waals surface area contributed by atoms with Crippen LogP contribution in [0.1, 0.15) is 56.1 Å². The van der Waals surface area contributed by atoms with E-state index in [1.165, 1.54) is 33.7 Å². The van der Waals surface area contributed by atoms with Crippen molar-refractivity contribution in [2.45, 2.75) is 44.9 Å². The van der Waals surface area contributed by atoms with Crippen molar-refractivity contribution in [3.05, 3.63) is 68.7 Å². The molecule has 33 heavy (non-hydrogen) atoms. The Kier molecular flexibility index (Phi) is 5.39. The van der Waals surface area contributed by atoms with Gasteiger partial charge in [-0.2, -0.15) is 5.10 Å². The fourth-order valence-corrected chi connectivity index (χ4v) is 7.24. The molecule has 0 saturated carbocycles. The van der Waals surface area contributed by atoms with Crippen LogP contribution >= 0.6 is 22.7 Å². The first-order chi connectivity index (χ1) is 16.3. The number of hydrogen-bond acceptors (Lipinski definition) is 7. The third-order valence-electron chi connectivity index (χ3n) is 6.34. The van der Waals surface area contributed by atoms with Crippen LogP contribution in [0.15, 0.2) is 41.8 Å². The highest BCUT2D eigenvalue weighted by Crippen LogP contribution is 2.40. The quantitative estimate of drug-likeness (QED) is 0.283. The number of nitrogens with zero attached hydrogens (tertiary/aromatic N) is 3. The monoisotopic (exact) mass is 473 g/mol. The van der Waals surface area contributed by atoms with Crippen LogP contribution in [0.2, 0.25) is 0 Å². The van der Waals surface area contributed by atoms with Crippen molar-refractivity contribution in [1.82, 2.24) is 9.97 Å². The molecule has 8 heteroatoms. The average molecular weight is 474 g/mol. The molecular weight excluding hydrogens is 450 g/mol. The second kappa shape index (κ2) is 8.68. The molecule has 0 aliphatic heterocycles. The van der Waals surface area contributed by atoms with Crippen molar-refractivity contribution in [3.63, 3.8) is 0 Å². The third kappa shape index (κ3) is 3.83. The number of aromatic nitrogens is 2. The largest absolute Gasteiger partial charge is 0.313 e. The Morgan fingerprint density at radius 3 is 2.64 bits per heavy atom. The summed E-state index contributed by atoms with van der Waals surface area (Å²) in [5, 5.41) is 9.69. The maximum atomic E-state index is 12.8. The fourth-order valence-electron chi connectivity index (χ4n) is 4.76. The lowest BCUT2D eigenvalue weighted by molar-refractivity contribution is 0.102. The van der Waals surface area contributed by atoms with Gasteiger partial charge in [-0.25, -0.2) is 9.97 Å². The predicted octanol–water partition coefficient (Wildman–Crippen LogP) is 5.82. The Labute approximate surface area is 199 Å². The molecule has 0 unspecified atom stereocenters. The maximum absolute atomic E-state index is 12.8. The highest BCUT2D eigenvalue weighted by molar-refractivity contribution is 7.19. The van der Waals surface area contributed by atoms with Gasteiger partial charge in [-0.15, -0.1) is 22.7 Å². The number of carbonyl (C=O) groups excluding carboxylic acids is 1. The average Bonchev–Trinajstić information content (AvgIpc) is 3.53. The van der Waals surface area contributed by atoms with Gasteiger partial charge in [0.15, 0.2) is 5.82 Å². The minimum Gasteiger partial charge on any atom is -0.313 e. The molecular formula is C25H23N5OS2. The van der Waals surface area contributed by atoms with Gasteiger partial charge in [0.25, 0.3) is 5.91 Å². The Morgan fingerprint density at radius 1 is 0.939 bits per heavy atom. The number of benzene rings is 1. The Bertz CT molecular complexity index is 1370. The topological polar surface area (TPSA) is 79.3 Å². The van der Waals surface area contributed by atoms with Crippen LogP contribution in [0.4, 0.5) is 10.8 Å². The van der Waals surface area contributed by atoms with Gasteiger partial charge >= 0.3 is 0 Å². The summed E-state index contributed by atoms with van der Waals surface area (Å²) < 4.78 is 0. The lowest BCUT2D eigenvalue weighted by Gasteiger charge is -2.11. The number of amides is 1. The Morgan fingerprint density at radius 2 is 1.73 bits per heavy atom. The first kappa shape index (κ1) is 20.5. The second-order valence-electron chi connectivity index (χ2n) is 8.40. The van der Waals surface area contributed by atoms with Gasteiger partial charge in [-0.1, -0.05) is 18.2 Å². The molecule has 3 heterocycles. The van der Waals surface area contributed by atoms with Crippen LogP contribution in [-0.2, 0) is 25.7 Å². The fraction of sp³-hybridized carbons (Fsp3) is 0.280. The SMILES string of the molecule is O=C(Nc1sc2c(c1C=NNc1ncnc3sc4c(c13)CCC4)CCCC2)c1ccccc1. The molecule has 0 radical (unpaired) electrons. The van der Waals surface area contributed by atoms with E-state index in [9.17, 15) is 4.79 Å².